The highest BCUT2D eigenvalue weighted by Crippen LogP contribution is 2.11. The van der Waals surface area contributed by atoms with Crippen molar-refractivity contribution >= 4 is 11.8 Å². The van der Waals surface area contributed by atoms with Gasteiger partial charge in [-0.05, 0) is 32.9 Å². The van der Waals surface area contributed by atoms with Crippen LogP contribution in [0.5, 0.6) is 0 Å². The van der Waals surface area contributed by atoms with Crippen LogP contribution in [0.15, 0.2) is 30.3 Å². The molecule has 1 aromatic carbocycles. The van der Waals surface area contributed by atoms with Crippen LogP contribution in [0.1, 0.15) is 20.8 Å². The van der Waals surface area contributed by atoms with Gasteiger partial charge in [0.25, 0.3) is 0 Å². The van der Waals surface area contributed by atoms with Gasteiger partial charge < -0.3 is 4.74 Å². The van der Waals surface area contributed by atoms with Gasteiger partial charge in [-0.15, -0.1) is 0 Å². The Balaban J connectivity index is 2.53. The zero-order valence-corrected chi connectivity index (χ0v) is 10.2. The normalized spacial score (nSPS) is 10.8. The Morgan fingerprint density at radius 1 is 1.25 bits per heavy atom. The third-order valence-electron chi connectivity index (χ3n) is 1.74. The van der Waals surface area contributed by atoms with Crippen molar-refractivity contribution in [3.63, 3.8) is 0 Å². The largest absolute Gasteiger partial charge is 0.442 e. The first-order chi connectivity index (χ1) is 7.38. The SMILES string of the molecule is CN(Nc1ccccc1)C(=O)OC(C)(C)C. The molecule has 4 heteroatoms. The molecular formula is C12H18N2O2. The van der Waals surface area contributed by atoms with Crippen molar-refractivity contribution in [2.24, 2.45) is 0 Å². The summed E-state index contributed by atoms with van der Waals surface area (Å²) >= 11 is 0. The summed E-state index contributed by atoms with van der Waals surface area (Å²) in [4.78, 5) is 11.6. The number of anilines is 1. The molecule has 0 aliphatic heterocycles. The van der Waals surface area contributed by atoms with Crippen molar-refractivity contribution in [1.82, 2.24) is 5.01 Å². The smallest absolute Gasteiger partial charge is 0.428 e. The number of ether oxygens (including phenoxy) is 1. The van der Waals surface area contributed by atoms with E-state index in [0.29, 0.717) is 0 Å². The first-order valence-corrected chi connectivity index (χ1v) is 5.17. The lowest BCUT2D eigenvalue weighted by molar-refractivity contribution is 0.0339. The van der Waals surface area contributed by atoms with E-state index >= 15 is 0 Å². The molecule has 0 radical (unpaired) electrons. The number of carbonyl (C=O) groups excluding carboxylic acids is 1. The van der Waals surface area contributed by atoms with E-state index in [1.165, 1.54) is 5.01 Å². The molecule has 1 aromatic rings. The second-order valence-corrected chi connectivity index (χ2v) is 4.52. The number of carbonyl (C=O) groups is 1. The number of amides is 1. The fourth-order valence-corrected chi connectivity index (χ4v) is 1.08. The molecule has 0 spiro atoms. The predicted molar refractivity (Wildman–Crippen MR) is 64.1 cm³/mol. The summed E-state index contributed by atoms with van der Waals surface area (Å²) in [6.45, 7) is 5.50. The molecule has 4 nitrogen and oxygen atoms in total. The van der Waals surface area contributed by atoms with Gasteiger partial charge in [0.05, 0.1) is 5.69 Å². The van der Waals surface area contributed by atoms with Gasteiger partial charge in [0, 0.05) is 7.05 Å². The Labute approximate surface area is 96.2 Å². The molecule has 0 aliphatic carbocycles. The Morgan fingerprint density at radius 2 is 1.81 bits per heavy atom. The van der Waals surface area contributed by atoms with Gasteiger partial charge in [0.1, 0.15) is 5.60 Å². The molecule has 0 aliphatic rings. The van der Waals surface area contributed by atoms with Crippen LogP contribution in [0, 0.1) is 0 Å². The van der Waals surface area contributed by atoms with Crippen molar-refractivity contribution in [2.75, 3.05) is 12.5 Å². The van der Waals surface area contributed by atoms with Crippen LogP contribution in [-0.2, 0) is 4.74 Å². The Bertz CT molecular complexity index is 344. The Hall–Kier alpha value is -1.71. The maximum absolute atomic E-state index is 11.6. The van der Waals surface area contributed by atoms with E-state index in [0.717, 1.165) is 5.69 Å². The average Bonchev–Trinajstić information content (AvgIpc) is 2.16. The van der Waals surface area contributed by atoms with Crippen LogP contribution >= 0.6 is 0 Å². The summed E-state index contributed by atoms with van der Waals surface area (Å²) in [5.74, 6) is 0. The molecule has 0 fully saturated rings. The summed E-state index contributed by atoms with van der Waals surface area (Å²) in [5.41, 5.74) is 3.28. The lowest BCUT2D eigenvalue weighted by Crippen LogP contribution is -2.37. The van der Waals surface area contributed by atoms with Crippen LogP contribution < -0.4 is 5.43 Å². The quantitative estimate of drug-likeness (QED) is 0.782. The van der Waals surface area contributed by atoms with Gasteiger partial charge in [0.2, 0.25) is 0 Å². The minimum Gasteiger partial charge on any atom is -0.442 e. The second kappa shape index (κ2) is 4.88. The van der Waals surface area contributed by atoms with E-state index in [1.54, 1.807) is 7.05 Å². The molecule has 16 heavy (non-hydrogen) atoms. The summed E-state index contributed by atoms with van der Waals surface area (Å²) in [6.07, 6.45) is -0.406. The number of hydrogen-bond donors (Lipinski definition) is 1. The first kappa shape index (κ1) is 12.4. The highest BCUT2D eigenvalue weighted by Gasteiger charge is 2.19. The predicted octanol–water partition coefficient (Wildman–Crippen LogP) is 2.88. The standard InChI is InChI=1S/C12H18N2O2/c1-12(2,3)16-11(15)14(4)13-10-8-6-5-7-9-10/h5-9,13H,1-4H3. The van der Waals surface area contributed by atoms with Crippen LogP contribution in [-0.4, -0.2) is 23.8 Å². The third-order valence-corrected chi connectivity index (χ3v) is 1.74. The van der Waals surface area contributed by atoms with Gasteiger partial charge in [-0.25, -0.2) is 9.80 Å². The Morgan fingerprint density at radius 3 is 2.31 bits per heavy atom. The van der Waals surface area contributed by atoms with Crippen molar-refractivity contribution in [3.05, 3.63) is 30.3 Å². The van der Waals surface area contributed by atoms with Gasteiger partial charge in [-0.1, -0.05) is 18.2 Å². The molecule has 1 rings (SSSR count). The number of benzene rings is 1. The molecule has 1 N–H and O–H groups in total. The molecule has 88 valence electrons. The maximum atomic E-state index is 11.6. The van der Waals surface area contributed by atoms with Gasteiger partial charge >= 0.3 is 6.09 Å². The number of hydrazine groups is 1. The van der Waals surface area contributed by atoms with E-state index in [4.69, 9.17) is 4.74 Å². The van der Waals surface area contributed by atoms with Crippen molar-refractivity contribution in [3.8, 4) is 0 Å². The molecule has 0 atom stereocenters. The summed E-state index contributed by atoms with van der Waals surface area (Å²) in [5, 5.41) is 1.32. The van der Waals surface area contributed by atoms with E-state index in [-0.39, 0.29) is 0 Å². The maximum Gasteiger partial charge on any atom is 0.428 e. The molecule has 0 heterocycles. The zero-order valence-electron chi connectivity index (χ0n) is 10.2. The summed E-state index contributed by atoms with van der Waals surface area (Å²) in [7, 11) is 1.63. The fourth-order valence-electron chi connectivity index (χ4n) is 1.08. The zero-order chi connectivity index (χ0) is 12.2. The molecular weight excluding hydrogens is 204 g/mol. The second-order valence-electron chi connectivity index (χ2n) is 4.52. The number of hydrogen-bond acceptors (Lipinski definition) is 3. The third kappa shape index (κ3) is 4.21. The molecule has 0 saturated carbocycles. The number of rotatable bonds is 2. The van der Waals surface area contributed by atoms with Gasteiger partial charge in [-0.2, -0.15) is 0 Å². The number of para-hydroxylation sites is 1. The first-order valence-electron chi connectivity index (χ1n) is 5.17. The lowest BCUT2D eigenvalue weighted by atomic mass is 10.2. The number of nitrogens with one attached hydrogen (secondary N) is 1. The minimum absolute atomic E-state index is 0.406. The van der Waals surface area contributed by atoms with E-state index < -0.39 is 11.7 Å². The number of nitrogens with zero attached hydrogens (tertiary/aromatic N) is 1. The van der Waals surface area contributed by atoms with E-state index in [2.05, 4.69) is 5.43 Å². The molecule has 0 unspecified atom stereocenters. The van der Waals surface area contributed by atoms with E-state index in [9.17, 15) is 4.79 Å². The minimum atomic E-state index is -0.482. The van der Waals surface area contributed by atoms with Crippen molar-refractivity contribution in [1.29, 1.82) is 0 Å². The fraction of sp³-hybridized carbons (Fsp3) is 0.417. The Kier molecular flexibility index (Phi) is 3.77. The van der Waals surface area contributed by atoms with Crippen LogP contribution in [0.4, 0.5) is 10.5 Å². The highest BCUT2D eigenvalue weighted by atomic mass is 16.6. The lowest BCUT2D eigenvalue weighted by Gasteiger charge is -2.25. The summed E-state index contributed by atoms with van der Waals surface area (Å²) < 4.78 is 5.20. The van der Waals surface area contributed by atoms with Crippen LogP contribution in [0.25, 0.3) is 0 Å². The molecule has 1 amide bonds. The highest BCUT2D eigenvalue weighted by molar-refractivity contribution is 5.69. The molecule has 0 bridgehead atoms. The molecule has 0 saturated heterocycles. The van der Waals surface area contributed by atoms with Gasteiger partial charge in [0.15, 0.2) is 0 Å². The van der Waals surface area contributed by atoms with Crippen molar-refractivity contribution < 1.29 is 9.53 Å². The average molecular weight is 222 g/mol. The monoisotopic (exact) mass is 222 g/mol. The topological polar surface area (TPSA) is 41.6 Å². The summed E-state index contributed by atoms with van der Waals surface area (Å²) in [6, 6.07) is 9.46. The van der Waals surface area contributed by atoms with Gasteiger partial charge in [-0.3, -0.25) is 5.43 Å². The van der Waals surface area contributed by atoms with Crippen LogP contribution in [0.2, 0.25) is 0 Å². The van der Waals surface area contributed by atoms with Crippen molar-refractivity contribution in [2.45, 2.75) is 26.4 Å². The van der Waals surface area contributed by atoms with Crippen LogP contribution in [0.3, 0.4) is 0 Å². The van der Waals surface area contributed by atoms with E-state index in [1.807, 2.05) is 51.1 Å². The molecule has 0 aromatic heterocycles.